The predicted octanol–water partition coefficient (Wildman–Crippen LogP) is 6.10. The third kappa shape index (κ3) is 5.23. The SMILES string of the molecule is CC(Sc1cccc(NC(=O)C2CCCCC2)c1)C(=O)Nc1cccc2c1C(=O)c1ccccc1C2=O. The number of anilines is 2. The number of carbonyl (C=O) groups is 4. The Balaban J connectivity index is 1.28. The Kier molecular flexibility index (Phi) is 7.24. The van der Waals surface area contributed by atoms with Crippen LogP contribution in [-0.2, 0) is 9.59 Å². The molecule has 3 aromatic carbocycles. The number of hydrogen-bond acceptors (Lipinski definition) is 5. The molecule has 0 aromatic heterocycles. The molecule has 1 fully saturated rings. The normalized spacial score (nSPS) is 15.9. The smallest absolute Gasteiger partial charge is 0.237 e. The van der Waals surface area contributed by atoms with Gasteiger partial charge in [0.2, 0.25) is 11.8 Å². The van der Waals surface area contributed by atoms with Crippen molar-refractivity contribution in [1.29, 1.82) is 0 Å². The van der Waals surface area contributed by atoms with E-state index in [1.54, 1.807) is 49.4 Å². The van der Waals surface area contributed by atoms with Crippen molar-refractivity contribution >= 4 is 46.5 Å². The second-order valence-electron chi connectivity index (χ2n) is 9.53. The highest BCUT2D eigenvalue weighted by Crippen LogP contribution is 2.33. The molecule has 0 saturated heterocycles. The Morgan fingerprint density at radius 2 is 1.49 bits per heavy atom. The first kappa shape index (κ1) is 25.0. The van der Waals surface area contributed by atoms with Gasteiger partial charge in [-0.2, -0.15) is 0 Å². The van der Waals surface area contributed by atoms with Gasteiger partial charge in [0.15, 0.2) is 11.6 Å². The molecule has 0 heterocycles. The Hall–Kier alpha value is -3.71. The number of ketones is 2. The highest BCUT2D eigenvalue weighted by Gasteiger charge is 2.32. The molecule has 188 valence electrons. The van der Waals surface area contributed by atoms with E-state index in [0.717, 1.165) is 30.6 Å². The van der Waals surface area contributed by atoms with E-state index in [1.807, 2.05) is 24.3 Å². The molecule has 0 aliphatic heterocycles. The van der Waals surface area contributed by atoms with Crippen molar-refractivity contribution in [3.63, 3.8) is 0 Å². The van der Waals surface area contributed by atoms with Crippen LogP contribution in [0.3, 0.4) is 0 Å². The summed E-state index contributed by atoms with van der Waals surface area (Å²) in [5, 5.41) is 5.40. The lowest BCUT2D eigenvalue weighted by molar-refractivity contribution is -0.120. The molecular weight excluding hydrogens is 484 g/mol. The number of thioether (sulfide) groups is 1. The third-order valence-corrected chi connectivity index (χ3v) is 8.06. The van der Waals surface area contributed by atoms with Crippen LogP contribution in [-0.4, -0.2) is 28.6 Å². The Morgan fingerprint density at radius 1 is 0.811 bits per heavy atom. The topological polar surface area (TPSA) is 92.3 Å². The summed E-state index contributed by atoms with van der Waals surface area (Å²) in [7, 11) is 0. The highest BCUT2D eigenvalue weighted by molar-refractivity contribution is 8.00. The average Bonchev–Trinajstić information content (AvgIpc) is 2.92. The molecule has 7 heteroatoms. The summed E-state index contributed by atoms with van der Waals surface area (Å²) in [6.07, 6.45) is 5.25. The summed E-state index contributed by atoms with van der Waals surface area (Å²) in [5.41, 5.74) is 2.29. The molecule has 0 bridgehead atoms. The zero-order chi connectivity index (χ0) is 25.9. The number of hydrogen-bond donors (Lipinski definition) is 2. The van der Waals surface area contributed by atoms with Gasteiger partial charge in [-0.15, -0.1) is 11.8 Å². The zero-order valence-corrected chi connectivity index (χ0v) is 21.4. The maximum atomic E-state index is 13.2. The fourth-order valence-corrected chi connectivity index (χ4v) is 5.92. The van der Waals surface area contributed by atoms with Crippen LogP contribution in [0.5, 0.6) is 0 Å². The Labute approximate surface area is 220 Å². The minimum absolute atomic E-state index is 0.0577. The first-order valence-corrected chi connectivity index (χ1v) is 13.5. The summed E-state index contributed by atoms with van der Waals surface area (Å²) in [6.45, 7) is 1.78. The molecule has 0 spiro atoms. The van der Waals surface area contributed by atoms with Gasteiger partial charge >= 0.3 is 0 Å². The number of rotatable bonds is 6. The van der Waals surface area contributed by atoms with Crippen LogP contribution < -0.4 is 10.6 Å². The van der Waals surface area contributed by atoms with Gasteiger partial charge in [-0.05, 0) is 44.0 Å². The van der Waals surface area contributed by atoms with E-state index in [1.165, 1.54) is 18.2 Å². The van der Waals surface area contributed by atoms with Crippen LogP contribution in [0.25, 0.3) is 0 Å². The lowest BCUT2D eigenvalue weighted by Gasteiger charge is -2.21. The number of nitrogens with one attached hydrogen (secondary N) is 2. The molecule has 37 heavy (non-hydrogen) atoms. The van der Waals surface area contributed by atoms with Crippen LogP contribution in [0.4, 0.5) is 11.4 Å². The van der Waals surface area contributed by atoms with Crippen molar-refractivity contribution in [2.75, 3.05) is 10.6 Å². The van der Waals surface area contributed by atoms with Crippen LogP contribution in [0.1, 0.15) is 70.9 Å². The van der Waals surface area contributed by atoms with Crippen molar-refractivity contribution in [3.8, 4) is 0 Å². The zero-order valence-electron chi connectivity index (χ0n) is 20.6. The third-order valence-electron chi connectivity index (χ3n) is 6.97. The monoisotopic (exact) mass is 512 g/mol. The second kappa shape index (κ2) is 10.7. The minimum atomic E-state index is -0.484. The quantitative estimate of drug-likeness (QED) is 0.305. The molecule has 1 atom stereocenters. The molecule has 0 radical (unpaired) electrons. The maximum absolute atomic E-state index is 13.2. The van der Waals surface area contributed by atoms with E-state index in [-0.39, 0.29) is 34.9 Å². The maximum Gasteiger partial charge on any atom is 0.237 e. The molecule has 2 aliphatic carbocycles. The molecule has 6 nitrogen and oxygen atoms in total. The lowest BCUT2D eigenvalue weighted by atomic mass is 9.83. The highest BCUT2D eigenvalue weighted by atomic mass is 32.2. The summed E-state index contributed by atoms with van der Waals surface area (Å²) in [5.74, 6) is -0.664. The van der Waals surface area contributed by atoms with E-state index in [4.69, 9.17) is 0 Å². The van der Waals surface area contributed by atoms with Crippen LogP contribution in [0.2, 0.25) is 0 Å². The van der Waals surface area contributed by atoms with Gasteiger partial charge in [-0.25, -0.2) is 0 Å². The van der Waals surface area contributed by atoms with Crippen LogP contribution >= 0.6 is 11.8 Å². The Bertz CT molecular complexity index is 1390. The largest absolute Gasteiger partial charge is 0.326 e. The van der Waals surface area contributed by atoms with E-state index >= 15 is 0 Å². The van der Waals surface area contributed by atoms with Crippen molar-refractivity contribution in [3.05, 3.63) is 89.0 Å². The van der Waals surface area contributed by atoms with Crippen molar-refractivity contribution < 1.29 is 19.2 Å². The summed E-state index contributed by atoms with van der Waals surface area (Å²) in [6, 6.07) is 19.2. The van der Waals surface area contributed by atoms with Gasteiger partial charge < -0.3 is 10.6 Å². The second-order valence-corrected chi connectivity index (χ2v) is 10.9. The number of amides is 2. The number of carbonyl (C=O) groups excluding carboxylic acids is 4. The van der Waals surface area contributed by atoms with E-state index < -0.39 is 5.25 Å². The van der Waals surface area contributed by atoms with Gasteiger partial charge in [0, 0.05) is 33.2 Å². The molecule has 2 aliphatic rings. The first-order valence-electron chi connectivity index (χ1n) is 12.6. The summed E-state index contributed by atoms with van der Waals surface area (Å²) in [4.78, 5) is 52.8. The van der Waals surface area contributed by atoms with Crippen LogP contribution in [0, 0.1) is 5.92 Å². The summed E-state index contributed by atoms with van der Waals surface area (Å²) >= 11 is 1.36. The van der Waals surface area contributed by atoms with Gasteiger partial charge in [-0.3, -0.25) is 19.2 Å². The van der Waals surface area contributed by atoms with Gasteiger partial charge in [0.1, 0.15) is 0 Å². The standard InChI is InChI=1S/C30H28N2O4S/c1-18(37-21-12-7-11-20(17-21)31-30(36)19-9-3-2-4-10-19)29(35)32-25-16-8-15-24-26(25)28(34)23-14-6-5-13-22(23)27(24)33/h5-8,11-19H,2-4,9-10H2,1H3,(H,31,36)(H,32,35). The van der Waals surface area contributed by atoms with Crippen molar-refractivity contribution in [2.45, 2.75) is 49.2 Å². The van der Waals surface area contributed by atoms with Crippen molar-refractivity contribution in [1.82, 2.24) is 0 Å². The molecule has 2 N–H and O–H groups in total. The van der Waals surface area contributed by atoms with Crippen LogP contribution in [0.15, 0.2) is 71.6 Å². The molecule has 1 saturated carbocycles. The van der Waals surface area contributed by atoms with Gasteiger partial charge in [0.05, 0.1) is 16.5 Å². The fraction of sp³-hybridized carbons (Fsp3) is 0.267. The molecule has 1 unspecified atom stereocenters. The van der Waals surface area contributed by atoms with E-state index in [9.17, 15) is 19.2 Å². The van der Waals surface area contributed by atoms with E-state index in [0.29, 0.717) is 28.1 Å². The summed E-state index contributed by atoms with van der Waals surface area (Å²) < 4.78 is 0. The lowest BCUT2D eigenvalue weighted by Crippen LogP contribution is -2.27. The van der Waals surface area contributed by atoms with Crippen molar-refractivity contribution in [2.24, 2.45) is 5.92 Å². The fourth-order valence-electron chi connectivity index (χ4n) is 5.00. The average molecular weight is 513 g/mol. The first-order chi connectivity index (χ1) is 17.9. The Morgan fingerprint density at radius 3 is 2.24 bits per heavy atom. The molecule has 3 aromatic rings. The number of fused-ring (bicyclic) bond motifs is 2. The molecular formula is C30H28N2O4S. The number of benzene rings is 3. The minimum Gasteiger partial charge on any atom is -0.326 e. The molecule has 2 amide bonds. The van der Waals surface area contributed by atoms with Gasteiger partial charge in [-0.1, -0.05) is 61.7 Å². The van der Waals surface area contributed by atoms with E-state index in [2.05, 4.69) is 10.6 Å². The molecule has 5 rings (SSSR count). The van der Waals surface area contributed by atoms with Gasteiger partial charge in [0.25, 0.3) is 0 Å². The predicted molar refractivity (Wildman–Crippen MR) is 145 cm³/mol.